The molecule has 4 rings (SSSR count). The first-order chi connectivity index (χ1) is 7.62. The van der Waals surface area contributed by atoms with Gasteiger partial charge in [-0.05, 0) is 61.0 Å². The van der Waals surface area contributed by atoms with Crippen molar-refractivity contribution < 1.29 is 0 Å². The van der Waals surface area contributed by atoms with Crippen molar-refractivity contribution in [3.63, 3.8) is 0 Å². The lowest BCUT2D eigenvalue weighted by atomic mass is 9.70. The van der Waals surface area contributed by atoms with Crippen molar-refractivity contribution >= 4 is 11.3 Å². The topological polar surface area (TPSA) is 0 Å². The number of thiophene rings is 1. The van der Waals surface area contributed by atoms with Gasteiger partial charge in [0, 0.05) is 9.75 Å². The Morgan fingerprint density at radius 1 is 1.19 bits per heavy atom. The van der Waals surface area contributed by atoms with E-state index >= 15 is 0 Å². The minimum absolute atomic E-state index is 0.390. The molecule has 16 heavy (non-hydrogen) atoms. The van der Waals surface area contributed by atoms with Crippen LogP contribution in [0.3, 0.4) is 0 Å². The largest absolute Gasteiger partial charge is 0.144 e. The van der Waals surface area contributed by atoms with Gasteiger partial charge in [-0.25, -0.2) is 0 Å². The van der Waals surface area contributed by atoms with Crippen LogP contribution in [0.15, 0.2) is 6.07 Å². The molecule has 0 spiro atoms. The second kappa shape index (κ2) is 3.60. The van der Waals surface area contributed by atoms with E-state index in [-0.39, 0.29) is 0 Å². The van der Waals surface area contributed by atoms with Crippen molar-refractivity contribution in [2.24, 2.45) is 0 Å². The summed E-state index contributed by atoms with van der Waals surface area (Å²) in [7, 11) is 0. The first-order valence-electron chi connectivity index (χ1n) is 6.76. The van der Waals surface area contributed by atoms with Crippen molar-refractivity contribution in [2.75, 3.05) is 0 Å². The Kier molecular flexibility index (Phi) is 2.43. The summed E-state index contributed by atoms with van der Waals surface area (Å²) in [6.45, 7) is 7.10. The van der Waals surface area contributed by atoms with Crippen molar-refractivity contribution in [1.82, 2.24) is 0 Å². The van der Waals surface area contributed by atoms with Gasteiger partial charge in [0.05, 0.1) is 0 Å². The molecule has 1 aromatic heterocycles. The Balaban J connectivity index is 2.04. The molecule has 1 saturated carbocycles. The van der Waals surface area contributed by atoms with Crippen molar-refractivity contribution in [3.05, 3.63) is 21.4 Å². The Labute approximate surface area is 103 Å². The summed E-state index contributed by atoms with van der Waals surface area (Å²) in [4.78, 5) is 3.40. The van der Waals surface area contributed by atoms with Crippen LogP contribution in [0.2, 0.25) is 0 Å². The molecule has 0 radical (unpaired) electrons. The monoisotopic (exact) mass is 234 g/mol. The van der Waals surface area contributed by atoms with Crippen LogP contribution >= 0.6 is 11.3 Å². The third kappa shape index (κ3) is 1.48. The molecule has 0 amide bonds. The quantitative estimate of drug-likeness (QED) is 0.660. The number of rotatable bonds is 2. The fourth-order valence-electron chi connectivity index (χ4n) is 3.23. The SMILES string of the molecule is CCC(C)(C)c1cc2c(s1)C1CCC2CC1. The molecule has 0 atom stereocenters. The van der Waals surface area contributed by atoms with Crippen LogP contribution < -0.4 is 0 Å². The summed E-state index contributed by atoms with van der Waals surface area (Å²) in [5.74, 6) is 1.84. The Hall–Kier alpha value is -0.300. The van der Waals surface area contributed by atoms with E-state index in [1.807, 2.05) is 0 Å². The van der Waals surface area contributed by atoms with Crippen LogP contribution in [0.4, 0.5) is 0 Å². The van der Waals surface area contributed by atoms with Crippen LogP contribution in [-0.2, 0) is 5.41 Å². The first-order valence-corrected chi connectivity index (χ1v) is 7.57. The maximum atomic E-state index is 2.56. The Bertz CT molecular complexity index is 362. The van der Waals surface area contributed by atoms with E-state index in [1.54, 1.807) is 15.3 Å². The molecular formula is C15H22S. The highest BCUT2D eigenvalue weighted by Gasteiger charge is 2.36. The van der Waals surface area contributed by atoms with E-state index in [0.29, 0.717) is 5.41 Å². The van der Waals surface area contributed by atoms with Crippen LogP contribution in [-0.4, -0.2) is 0 Å². The lowest BCUT2D eigenvalue weighted by Crippen LogP contribution is -2.19. The molecule has 0 aromatic carbocycles. The van der Waals surface area contributed by atoms with E-state index in [2.05, 4.69) is 38.2 Å². The van der Waals surface area contributed by atoms with Gasteiger partial charge in [-0.3, -0.25) is 0 Å². The van der Waals surface area contributed by atoms with E-state index in [0.717, 1.165) is 11.8 Å². The Morgan fingerprint density at radius 2 is 1.81 bits per heavy atom. The van der Waals surface area contributed by atoms with Crippen molar-refractivity contribution in [2.45, 2.75) is 70.1 Å². The fourth-order valence-corrected chi connectivity index (χ4v) is 4.82. The van der Waals surface area contributed by atoms with Gasteiger partial charge in [0.25, 0.3) is 0 Å². The molecule has 1 heterocycles. The zero-order valence-electron chi connectivity index (χ0n) is 10.7. The van der Waals surface area contributed by atoms with Crippen molar-refractivity contribution in [3.8, 4) is 0 Å². The zero-order chi connectivity index (χ0) is 11.3. The highest BCUT2D eigenvalue weighted by atomic mass is 32.1. The highest BCUT2D eigenvalue weighted by molar-refractivity contribution is 7.12. The molecule has 0 saturated heterocycles. The number of hydrogen-bond acceptors (Lipinski definition) is 1. The Morgan fingerprint density at radius 3 is 2.38 bits per heavy atom. The summed E-state index contributed by atoms with van der Waals surface area (Å²) < 4.78 is 0. The van der Waals surface area contributed by atoms with Gasteiger partial charge in [0.2, 0.25) is 0 Å². The average molecular weight is 234 g/mol. The molecule has 88 valence electrons. The zero-order valence-corrected chi connectivity index (χ0v) is 11.5. The van der Waals surface area contributed by atoms with E-state index in [9.17, 15) is 0 Å². The molecule has 1 fully saturated rings. The van der Waals surface area contributed by atoms with Gasteiger partial charge in [-0.1, -0.05) is 20.8 Å². The smallest absolute Gasteiger partial charge is 0.0114 e. The molecule has 0 unspecified atom stereocenters. The van der Waals surface area contributed by atoms with Crippen LogP contribution in [0.5, 0.6) is 0 Å². The lowest BCUT2D eigenvalue weighted by Gasteiger charge is -2.35. The maximum absolute atomic E-state index is 2.56. The molecule has 1 heteroatoms. The summed E-state index contributed by atoms with van der Waals surface area (Å²) >= 11 is 2.13. The normalized spacial score (nSPS) is 28.2. The predicted octanol–water partition coefficient (Wildman–Crippen LogP) is 5.19. The van der Waals surface area contributed by atoms with Crippen LogP contribution in [0, 0.1) is 0 Å². The minimum atomic E-state index is 0.390. The molecular weight excluding hydrogens is 212 g/mol. The van der Waals surface area contributed by atoms with Gasteiger partial charge < -0.3 is 0 Å². The molecule has 1 aromatic rings. The summed E-state index contributed by atoms with van der Waals surface area (Å²) in [5, 5.41) is 0. The predicted molar refractivity (Wildman–Crippen MR) is 71.6 cm³/mol. The molecule has 0 nitrogen and oxygen atoms in total. The number of hydrogen-bond donors (Lipinski definition) is 0. The average Bonchev–Trinajstić information content (AvgIpc) is 2.77. The molecule has 0 aliphatic heterocycles. The second-order valence-corrected chi connectivity index (χ2v) is 7.30. The van der Waals surface area contributed by atoms with Gasteiger partial charge >= 0.3 is 0 Å². The van der Waals surface area contributed by atoms with Crippen LogP contribution in [0.25, 0.3) is 0 Å². The third-order valence-electron chi connectivity index (χ3n) is 4.88. The van der Waals surface area contributed by atoms with Gasteiger partial charge in [0.15, 0.2) is 0 Å². The molecule has 2 bridgehead atoms. The molecule has 0 N–H and O–H groups in total. The lowest BCUT2D eigenvalue weighted by molar-refractivity contribution is 0.365. The fraction of sp³-hybridized carbons (Fsp3) is 0.733. The standard InChI is InChI=1S/C15H22S/c1-4-15(2,3)13-9-12-10-5-7-11(8-6-10)14(12)16-13/h9-11H,4-8H2,1-3H3. The second-order valence-electron chi connectivity index (χ2n) is 6.22. The van der Waals surface area contributed by atoms with Crippen molar-refractivity contribution in [1.29, 1.82) is 0 Å². The summed E-state index contributed by atoms with van der Waals surface area (Å²) in [6, 6.07) is 2.56. The van der Waals surface area contributed by atoms with Crippen LogP contribution in [0.1, 0.15) is 80.0 Å². The van der Waals surface area contributed by atoms with E-state index in [1.165, 1.54) is 32.1 Å². The summed E-state index contributed by atoms with van der Waals surface area (Å²) in [6.07, 6.45) is 7.09. The van der Waals surface area contributed by atoms with E-state index in [4.69, 9.17) is 0 Å². The first kappa shape index (κ1) is 10.8. The maximum Gasteiger partial charge on any atom is 0.0114 e. The van der Waals surface area contributed by atoms with Gasteiger partial charge in [0.1, 0.15) is 0 Å². The van der Waals surface area contributed by atoms with E-state index < -0.39 is 0 Å². The van der Waals surface area contributed by atoms with Gasteiger partial charge in [-0.15, -0.1) is 11.3 Å². The summed E-state index contributed by atoms with van der Waals surface area (Å²) in [5.41, 5.74) is 2.13. The van der Waals surface area contributed by atoms with Gasteiger partial charge in [-0.2, -0.15) is 0 Å². The third-order valence-corrected chi connectivity index (χ3v) is 6.56. The molecule has 3 aliphatic carbocycles. The highest BCUT2D eigenvalue weighted by Crippen LogP contribution is 2.53. The number of fused-ring (bicyclic) bond motifs is 2. The molecule has 3 aliphatic rings. The minimum Gasteiger partial charge on any atom is -0.144 e.